The molecule has 0 aliphatic rings. The predicted octanol–water partition coefficient (Wildman–Crippen LogP) is 2.27. The molecule has 0 heterocycles. The van der Waals surface area contributed by atoms with Crippen LogP contribution >= 0.6 is 11.8 Å². The number of nitro groups is 1. The van der Waals surface area contributed by atoms with Gasteiger partial charge in [-0.25, -0.2) is 0 Å². The van der Waals surface area contributed by atoms with E-state index in [1.54, 1.807) is 6.92 Å². The van der Waals surface area contributed by atoms with Crippen molar-refractivity contribution in [1.82, 2.24) is 0 Å². The van der Waals surface area contributed by atoms with E-state index >= 15 is 0 Å². The molecule has 0 bridgehead atoms. The van der Waals surface area contributed by atoms with Gasteiger partial charge >= 0.3 is 5.97 Å². The van der Waals surface area contributed by atoms with Gasteiger partial charge in [-0.3, -0.25) is 14.9 Å². The number of aliphatic carboxylic acids is 1. The highest BCUT2D eigenvalue weighted by atomic mass is 32.2. The Labute approximate surface area is 99.8 Å². The second-order valence-electron chi connectivity index (χ2n) is 4.11. The van der Waals surface area contributed by atoms with E-state index in [-0.39, 0.29) is 16.1 Å². The number of nitrogens with zero attached hydrogens (tertiary/aromatic N) is 1. The number of rotatable bonds is 7. The maximum atomic E-state index is 10.9. The summed E-state index contributed by atoms with van der Waals surface area (Å²) < 4.78 is 0. The van der Waals surface area contributed by atoms with Crippen molar-refractivity contribution in [2.75, 3.05) is 0 Å². The van der Waals surface area contributed by atoms with Crippen LogP contribution in [0.5, 0.6) is 0 Å². The van der Waals surface area contributed by atoms with Gasteiger partial charge in [-0.15, -0.1) is 11.8 Å². The minimum absolute atomic E-state index is 0.0822. The van der Waals surface area contributed by atoms with Crippen LogP contribution < -0.4 is 0 Å². The molecule has 0 aliphatic carbocycles. The molecule has 16 heavy (non-hydrogen) atoms. The summed E-state index contributed by atoms with van der Waals surface area (Å²) in [5.41, 5.74) is 0. The summed E-state index contributed by atoms with van der Waals surface area (Å²) in [6, 6.07) is -0.724. The third-order valence-electron chi connectivity index (χ3n) is 2.43. The van der Waals surface area contributed by atoms with Crippen LogP contribution in [0, 0.1) is 16.0 Å². The van der Waals surface area contributed by atoms with Crippen LogP contribution in [-0.2, 0) is 4.79 Å². The Morgan fingerprint density at radius 2 is 1.94 bits per heavy atom. The minimum atomic E-state index is -0.895. The molecule has 0 amide bonds. The molecule has 0 radical (unpaired) electrons. The highest BCUT2D eigenvalue weighted by Crippen LogP contribution is 2.29. The number of hydrogen-bond donors (Lipinski definition) is 1. The number of carboxylic acids is 1. The van der Waals surface area contributed by atoms with Crippen LogP contribution in [0.15, 0.2) is 0 Å². The Morgan fingerprint density at radius 3 is 2.19 bits per heavy atom. The first-order valence-electron chi connectivity index (χ1n) is 5.33. The van der Waals surface area contributed by atoms with Crippen molar-refractivity contribution in [3.63, 3.8) is 0 Å². The molecule has 6 heteroatoms. The van der Waals surface area contributed by atoms with E-state index in [1.165, 1.54) is 18.7 Å². The molecule has 3 atom stereocenters. The van der Waals surface area contributed by atoms with Crippen molar-refractivity contribution in [3.8, 4) is 0 Å². The summed E-state index contributed by atoms with van der Waals surface area (Å²) >= 11 is 1.20. The molecule has 0 aliphatic heterocycles. The average molecular weight is 249 g/mol. The Kier molecular flexibility index (Phi) is 6.40. The first-order chi connectivity index (χ1) is 7.31. The molecule has 0 rings (SSSR count). The van der Waals surface area contributed by atoms with E-state index in [9.17, 15) is 14.9 Å². The van der Waals surface area contributed by atoms with Gasteiger partial charge in [0.1, 0.15) is 5.25 Å². The van der Waals surface area contributed by atoms with Crippen molar-refractivity contribution in [2.24, 2.45) is 5.92 Å². The van der Waals surface area contributed by atoms with Crippen LogP contribution in [0.2, 0.25) is 0 Å². The molecule has 0 aromatic carbocycles. The molecule has 0 fully saturated rings. The van der Waals surface area contributed by atoms with Gasteiger partial charge in [-0.1, -0.05) is 20.8 Å². The zero-order valence-corrected chi connectivity index (χ0v) is 10.9. The van der Waals surface area contributed by atoms with Gasteiger partial charge in [0.25, 0.3) is 0 Å². The maximum absolute atomic E-state index is 10.9. The smallest absolute Gasteiger partial charge is 0.316 e. The molecular formula is C10H19NO4S. The highest BCUT2D eigenvalue weighted by molar-refractivity contribution is 8.01. The Morgan fingerprint density at radius 1 is 1.44 bits per heavy atom. The van der Waals surface area contributed by atoms with Gasteiger partial charge in [0.15, 0.2) is 0 Å². The zero-order valence-electron chi connectivity index (χ0n) is 10.0. The van der Waals surface area contributed by atoms with E-state index in [0.29, 0.717) is 6.42 Å². The van der Waals surface area contributed by atoms with E-state index < -0.39 is 17.3 Å². The molecule has 0 spiro atoms. The first-order valence-corrected chi connectivity index (χ1v) is 6.27. The van der Waals surface area contributed by atoms with Crippen molar-refractivity contribution < 1.29 is 14.8 Å². The standard InChI is InChI=1S/C10H19NO4S/c1-5-8(10(12)13)16-9(6(2)3)7(4)11(14)15/h6-9H,5H2,1-4H3,(H,12,13). The molecule has 1 N–H and O–H groups in total. The fourth-order valence-corrected chi connectivity index (χ4v) is 2.80. The monoisotopic (exact) mass is 249 g/mol. The lowest BCUT2D eigenvalue weighted by Crippen LogP contribution is -2.35. The fourth-order valence-electron chi connectivity index (χ4n) is 1.47. The third-order valence-corrected chi connectivity index (χ3v) is 4.55. The molecule has 94 valence electrons. The molecule has 0 saturated heterocycles. The van der Waals surface area contributed by atoms with Crippen LogP contribution in [-0.4, -0.2) is 32.5 Å². The number of hydrogen-bond acceptors (Lipinski definition) is 4. The second-order valence-corrected chi connectivity index (χ2v) is 5.49. The number of carboxylic acid groups (broad SMARTS) is 1. The van der Waals surface area contributed by atoms with Crippen molar-refractivity contribution in [3.05, 3.63) is 10.1 Å². The molecule has 0 saturated carbocycles. The molecule has 5 nitrogen and oxygen atoms in total. The van der Waals surface area contributed by atoms with E-state index in [1.807, 2.05) is 13.8 Å². The van der Waals surface area contributed by atoms with Gasteiger partial charge in [-0.05, 0) is 12.3 Å². The zero-order chi connectivity index (χ0) is 12.9. The summed E-state index contributed by atoms with van der Waals surface area (Å²) in [5, 5.41) is 18.8. The van der Waals surface area contributed by atoms with Crippen molar-refractivity contribution in [2.45, 2.75) is 50.7 Å². The topological polar surface area (TPSA) is 80.4 Å². The van der Waals surface area contributed by atoms with Gasteiger partial charge in [0.05, 0.1) is 5.25 Å². The van der Waals surface area contributed by atoms with Crippen LogP contribution in [0.4, 0.5) is 0 Å². The van der Waals surface area contributed by atoms with Gasteiger partial charge in [0.2, 0.25) is 6.04 Å². The quantitative estimate of drug-likeness (QED) is 0.553. The highest BCUT2D eigenvalue weighted by Gasteiger charge is 2.33. The normalized spacial score (nSPS) is 16.8. The summed E-state index contributed by atoms with van der Waals surface area (Å²) in [7, 11) is 0. The van der Waals surface area contributed by atoms with Crippen LogP contribution in [0.1, 0.15) is 34.1 Å². The van der Waals surface area contributed by atoms with E-state index in [0.717, 1.165) is 0 Å². The third kappa shape index (κ3) is 4.38. The Hall–Kier alpha value is -0.780. The van der Waals surface area contributed by atoms with Crippen LogP contribution in [0.25, 0.3) is 0 Å². The van der Waals surface area contributed by atoms with Gasteiger partial charge in [-0.2, -0.15) is 0 Å². The lowest BCUT2D eigenvalue weighted by atomic mass is 10.1. The summed E-state index contributed by atoms with van der Waals surface area (Å²) in [6.07, 6.45) is 0.480. The SMILES string of the molecule is CCC(SC(C(C)C)C(C)[N+](=O)[O-])C(=O)O. The Balaban J connectivity index is 4.67. The molecule has 3 unspecified atom stereocenters. The summed E-state index contributed by atoms with van der Waals surface area (Å²) in [4.78, 5) is 21.3. The molecular weight excluding hydrogens is 230 g/mol. The second kappa shape index (κ2) is 6.73. The molecule has 0 aromatic rings. The first kappa shape index (κ1) is 15.2. The van der Waals surface area contributed by atoms with Crippen molar-refractivity contribution in [1.29, 1.82) is 0 Å². The largest absolute Gasteiger partial charge is 0.480 e. The minimum Gasteiger partial charge on any atom is -0.480 e. The van der Waals surface area contributed by atoms with Gasteiger partial charge in [0, 0.05) is 11.8 Å². The lowest BCUT2D eigenvalue weighted by molar-refractivity contribution is -0.518. The average Bonchev–Trinajstić information content (AvgIpc) is 2.17. The van der Waals surface area contributed by atoms with E-state index in [2.05, 4.69) is 0 Å². The van der Waals surface area contributed by atoms with E-state index in [4.69, 9.17) is 5.11 Å². The van der Waals surface area contributed by atoms with Crippen LogP contribution in [0.3, 0.4) is 0 Å². The maximum Gasteiger partial charge on any atom is 0.316 e. The summed E-state index contributed by atoms with van der Waals surface area (Å²) in [5.74, 6) is -0.813. The predicted molar refractivity (Wildman–Crippen MR) is 64.4 cm³/mol. The van der Waals surface area contributed by atoms with Crippen molar-refractivity contribution >= 4 is 17.7 Å². The number of thioether (sulfide) groups is 1. The number of carbonyl (C=O) groups is 1. The summed E-state index contributed by atoms with van der Waals surface area (Å²) in [6.45, 7) is 7.07. The fraction of sp³-hybridized carbons (Fsp3) is 0.900. The Bertz CT molecular complexity index is 257. The molecule has 0 aromatic heterocycles. The lowest BCUT2D eigenvalue weighted by Gasteiger charge is -2.24. The van der Waals surface area contributed by atoms with Gasteiger partial charge < -0.3 is 5.11 Å².